The molecule has 102 valence electrons. The molecule has 2 rings (SSSR count). The van der Waals surface area contributed by atoms with Gasteiger partial charge in [0.05, 0.1) is 24.4 Å². The minimum Gasteiger partial charge on any atom is -0.388 e. The molecule has 3 unspecified atom stereocenters. The molecule has 2 heterocycles. The third kappa shape index (κ3) is 2.40. The first-order chi connectivity index (χ1) is 8.66. The lowest BCUT2D eigenvalue weighted by Gasteiger charge is -2.48. The van der Waals surface area contributed by atoms with E-state index in [1.54, 1.807) is 0 Å². The van der Waals surface area contributed by atoms with Crippen molar-refractivity contribution < 1.29 is 14.6 Å². The third-order valence-electron chi connectivity index (χ3n) is 4.39. The lowest BCUT2D eigenvalue weighted by molar-refractivity contribution is -0.180. The van der Waals surface area contributed by atoms with Crippen molar-refractivity contribution in [2.75, 3.05) is 19.8 Å². The van der Waals surface area contributed by atoms with Crippen LogP contribution in [0.25, 0.3) is 0 Å². The number of hydrogen-bond acceptors (Lipinski definition) is 4. The van der Waals surface area contributed by atoms with Crippen molar-refractivity contribution in [2.24, 2.45) is 5.41 Å². The fourth-order valence-electron chi connectivity index (χ4n) is 3.23. The smallest absolute Gasteiger partial charge is 0.109 e. The molecule has 0 spiro atoms. The molecule has 0 aromatic carbocycles. The maximum Gasteiger partial charge on any atom is 0.109 e. The summed E-state index contributed by atoms with van der Waals surface area (Å²) in [5.41, 5.74) is -1.68. The molecule has 2 fully saturated rings. The first-order valence-electron chi connectivity index (χ1n) is 6.99. The summed E-state index contributed by atoms with van der Waals surface area (Å²) in [5, 5.41) is 20.5. The van der Waals surface area contributed by atoms with Gasteiger partial charge in [0.25, 0.3) is 0 Å². The van der Waals surface area contributed by atoms with Crippen molar-refractivity contribution in [1.29, 1.82) is 5.26 Å². The Balaban J connectivity index is 2.15. The first kappa shape index (κ1) is 13.8. The molecule has 0 amide bonds. The Morgan fingerprint density at radius 2 is 2.22 bits per heavy atom. The Bertz CT molecular complexity index is 317. The van der Waals surface area contributed by atoms with E-state index in [9.17, 15) is 10.4 Å². The summed E-state index contributed by atoms with van der Waals surface area (Å²) in [6.45, 7) is 3.72. The first-order valence-corrected chi connectivity index (χ1v) is 6.99. The third-order valence-corrected chi connectivity index (χ3v) is 4.39. The van der Waals surface area contributed by atoms with Gasteiger partial charge in [0.15, 0.2) is 0 Å². The standard InChI is InChI=1S/C14H23NO3/c1-2-4-12-9-14(16,6-8-18-12)13(10-15)5-3-7-17-11-13/h12,16H,2-9,11H2,1H3. The van der Waals surface area contributed by atoms with E-state index >= 15 is 0 Å². The highest BCUT2D eigenvalue weighted by Gasteiger charge is 2.54. The van der Waals surface area contributed by atoms with Crippen molar-refractivity contribution in [2.45, 2.75) is 57.2 Å². The summed E-state index contributed by atoms with van der Waals surface area (Å²) in [6.07, 6.45) is 4.78. The van der Waals surface area contributed by atoms with Gasteiger partial charge in [0.1, 0.15) is 5.41 Å². The molecule has 18 heavy (non-hydrogen) atoms. The molecule has 4 heteroatoms. The Labute approximate surface area is 109 Å². The Kier molecular flexibility index (Phi) is 4.26. The van der Waals surface area contributed by atoms with Gasteiger partial charge in [-0.05, 0) is 19.3 Å². The van der Waals surface area contributed by atoms with Gasteiger partial charge in [-0.25, -0.2) is 0 Å². The molecule has 3 atom stereocenters. The van der Waals surface area contributed by atoms with Crippen LogP contribution >= 0.6 is 0 Å². The summed E-state index contributed by atoms with van der Waals surface area (Å²) >= 11 is 0. The number of aliphatic hydroxyl groups is 1. The van der Waals surface area contributed by atoms with Crippen LogP contribution in [0, 0.1) is 16.7 Å². The van der Waals surface area contributed by atoms with Gasteiger partial charge >= 0.3 is 0 Å². The predicted molar refractivity (Wildman–Crippen MR) is 66.9 cm³/mol. The van der Waals surface area contributed by atoms with Crippen molar-refractivity contribution in [3.05, 3.63) is 0 Å². The van der Waals surface area contributed by atoms with E-state index in [4.69, 9.17) is 9.47 Å². The monoisotopic (exact) mass is 253 g/mol. The minimum atomic E-state index is -0.944. The molecule has 0 aromatic heterocycles. The zero-order valence-corrected chi connectivity index (χ0v) is 11.2. The zero-order chi connectivity index (χ0) is 13.1. The fourth-order valence-corrected chi connectivity index (χ4v) is 3.23. The summed E-state index contributed by atoms with van der Waals surface area (Å²) in [6, 6.07) is 2.36. The maximum atomic E-state index is 11.0. The minimum absolute atomic E-state index is 0.0842. The quantitative estimate of drug-likeness (QED) is 0.835. The van der Waals surface area contributed by atoms with Gasteiger partial charge in [0, 0.05) is 26.1 Å². The molecular formula is C14H23NO3. The van der Waals surface area contributed by atoms with Crippen molar-refractivity contribution in [3.63, 3.8) is 0 Å². The Hall–Kier alpha value is -0.630. The van der Waals surface area contributed by atoms with Crippen LogP contribution in [-0.4, -0.2) is 36.6 Å². The molecule has 2 saturated heterocycles. The molecule has 0 aliphatic carbocycles. The Morgan fingerprint density at radius 3 is 2.83 bits per heavy atom. The summed E-state index contributed by atoms with van der Waals surface area (Å²) < 4.78 is 11.2. The van der Waals surface area contributed by atoms with Crippen LogP contribution in [-0.2, 0) is 9.47 Å². The van der Waals surface area contributed by atoms with Crippen LogP contribution in [0.4, 0.5) is 0 Å². The van der Waals surface area contributed by atoms with Gasteiger partial charge in [-0.3, -0.25) is 0 Å². The Morgan fingerprint density at radius 1 is 1.39 bits per heavy atom. The van der Waals surface area contributed by atoms with Crippen molar-refractivity contribution in [3.8, 4) is 6.07 Å². The van der Waals surface area contributed by atoms with E-state index < -0.39 is 11.0 Å². The molecule has 0 radical (unpaired) electrons. The lowest BCUT2D eigenvalue weighted by Crippen LogP contribution is -2.56. The molecule has 1 N–H and O–H groups in total. The topological polar surface area (TPSA) is 62.5 Å². The van der Waals surface area contributed by atoms with Crippen LogP contribution in [0.3, 0.4) is 0 Å². The van der Waals surface area contributed by atoms with Crippen LogP contribution in [0.2, 0.25) is 0 Å². The summed E-state index contributed by atoms with van der Waals surface area (Å²) in [4.78, 5) is 0. The number of hydrogen-bond donors (Lipinski definition) is 1. The summed E-state index contributed by atoms with van der Waals surface area (Å²) in [5.74, 6) is 0. The van der Waals surface area contributed by atoms with Crippen molar-refractivity contribution >= 4 is 0 Å². The van der Waals surface area contributed by atoms with Crippen molar-refractivity contribution in [1.82, 2.24) is 0 Å². The van der Waals surface area contributed by atoms with Crippen LogP contribution in [0.15, 0.2) is 0 Å². The van der Waals surface area contributed by atoms with Gasteiger partial charge in [-0.1, -0.05) is 13.3 Å². The highest BCUT2D eigenvalue weighted by Crippen LogP contribution is 2.46. The molecule has 0 bridgehead atoms. The average Bonchev–Trinajstić information content (AvgIpc) is 2.40. The highest BCUT2D eigenvalue weighted by atomic mass is 16.5. The molecule has 2 aliphatic heterocycles. The largest absolute Gasteiger partial charge is 0.388 e. The average molecular weight is 253 g/mol. The summed E-state index contributed by atoms with van der Waals surface area (Å²) in [7, 11) is 0. The van der Waals surface area contributed by atoms with E-state index in [1.807, 2.05) is 0 Å². The number of nitrogens with zero attached hydrogens (tertiary/aromatic N) is 1. The number of ether oxygens (including phenoxy) is 2. The highest BCUT2D eigenvalue weighted by molar-refractivity contribution is 5.14. The second kappa shape index (κ2) is 5.56. The second-order valence-corrected chi connectivity index (χ2v) is 5.62. The molecule has 0 aromatic rings. The predicted octanol–water partition coefficient (Wildman–Crippen LogP) is 2.02. The molecule has 0 saturated carbocycles. The van der Waals surface area contributed by atoms with E-state index in [0.717, 1.165) is 25.7 Å². The van der Waals surface area contributed by atoms with Crippen LogP contribution < -0.4 is 0 Å². The SMILES string of the molecule is CCCC1CC(O)(C2(C#N)CCCOC2)CCO1. The second-order valence-electron chi connectivity index (χ2n) is 5.62. The van der Waals surface area contributed by atoms with E-state index in [2.05, 4.69) is 13.0 Å². The molecule has 2 aliphatic rings. The van der Waals surface area contributed by atoms with E-state index in [1.165, 1.54) is 0 Å². The molecular weight excluding hydrogens is 230 g/mol. The maximum absolute atomic E-state index is 11.0. The van der Waals surface area contributed by atoms with Gasteiger partial charge in [-0.15, -0.1) is 0 Å². The normalized spacial score (nSPS) is 41.3. The van der Waals surface area contributed by atoms with Gasteiger partial charge in [-0.2, -0.15) is 5.26 Å². The number of rotatable bonds is 3. The molecule has 4 nitrogen and oxygen atoms in total. The lowest BCUT2D eigenvalue weighted by atomic mass is 9.65. The van der Waals surface area contributed by atoms with Gasteiger partial charge < -0.3 is 14.6 Å². The van der Waals surface area contributed by atoms with Gasteiger partial charge in [0.2, 0.25) is 0 Å². The van der Waals surface area contributed by atoms with E-state index in [-0.39, 0.29) is 6.10 Å². The van der Waals surface area contributed by atoms with Crippen LogP contribution in [0.1, 0.15) is 45.4 Å². The zero-order valence-electron chi connectivity index (χ0n) is 11.2. The fraction of sp³-hybridized carbons (Fsp3) is 0.929. The number of nitriles is 1. The van der Waals surface area contributed by atoms with E-state index in [0.29, 0.717) is 32.7 Å². The van der Waals surface area contributed by atoms with Crippen LogP contribution in [0.5, 0.6) is 0 Å².